The lowest BCUT2D eigenvalue weighted by Crippen LogP contribution is -2.64. The van der Waals surface area contributed by atoms with E-state index in [1.165, 1.54) is 44.9 Å². The molecule has 2 aliphatic rings. The summed E-state index contributed by atoms with van der Waals surface area (Å²) in [5.41, 5.74) is 0. The highest BCUT2D eigenvalue weighted by Crippen LogP contribution is 2.49. The number of epoxide rings is 1. The average Bonchev–Trinajstić information content (AvgIpc) is 3.98. The van der Waals surface area contributed by atoms with Gasteiger partial charge >= 0.3 is 27.6 Å². The molecular weight excluding hydrogens is 850 g/mol. The Hall–Kier alpha value is -1.56. The van der Waals surface area contributed by atoms with Crippen molar-refractivity contribution < 1.29 is 81.6 Å². The summed E-state index contributed by atoms with van der Waals surface area (Å²) in [6, 6.07) is 0. The molecule has 10 atom stereocenters. The van der Waals surface area contributed by atoms with E-state index in [1.54, 1.807) is 0 Å². The zero-order valence-electron chi connectivity index (χ0n) is 37.0. The molecule has 19 heteroatoms. The molecule has 0 aromatic heterocycles. The van der Waals surface area contributed by atoms with E-state index < -0.39 is 83.5 Å². The molecule has 17 nitrogen and oxygen atoms in total. The summed E-state index contributed by atoms with van der Waals surface area (Å²) in [5, 5.41) is 41.2. The highest BCUT2D eigenvalue weighted by atomic mass is 31.2. The number of aliphatic hydroxyl groups excluding tert-OH is 4. The predicted molar refractivity (Wildman–Crippen MR) is 232 cm³/mol. The lowest BCUT2D eigenvalue weighted by Gasteiger charge is -2.43. The number of carbonyl (C=O) groups is 2. The van der Waals surface area contributed by atoms with E-state index in [-0.39, 0.29) is 12.8 Å². The average molecular weight is 929 g/mol. The Morgan fingerprint density at radius 2 is 1.08 bits per heavy atom. The van der Waals surface area contributed by atoms with E-state index in [0.717, 1.165) is 83.5 Å². The van der Waals surface area contributed by atoms with Gasteiger partial charge in [0.05, 0.1) is 18.8 Å². The SMILES string of the molecule is CCCCCC/C=C\CCCCCCCC(=O)OC[C@H](COP(=O)(O)O[C@H]1C(O)C(O)C(O)[C@@H](OP(=O)(O)O)C1O)OC(=O)CCCCCCC/C=C\CC1OC1CCCCC. The first-order valence-corrected chi connectivity index (χ1v) is 26.0. The molecule has 2 rings (SSSR count). The van der Waals surface area contributed by atoms with Crippen molar-refractivity contribution in [2.24, 2.45) is 0 Å². The highest BCUT2D eigenvalue weighted by molar-refractivity contribution is 7.47. The molecule has 0 aromatic rings. The number of hydrogen-bond donors (Lipinski definition) is 7. The second kappa shape index (κ2) is 32.2. The molecule has 0 amide bonds. The molecule has 1 saturated carbocycles. The first kappa shape index (κ1) is 56.6. The van der Waals surface area contributed by atoms with Gasteiger partial charge in [0.15, 0.2) is 6.10 Å². The number of aliphatic hydroxyl groups is 4. The fraction of sp³-hybridized carbons (Fsp3) is 0.860. The molecule has 0 radical (unpaired) electrons. The topological polar surface area (TPSA) is 269 Å². The summed E-state index contributed by atoms with van der Waals surface area (Å²) >= 11 is 0. The lowest BCUT2D eigenvalue weighted by atomic mass is 9.85. The van der Waals surface area contributed by atoms with Crippen LogP contribution < -0.4 is 0 Å². The van der Waals surface area contributed by atoms with E-state index in [2.05, 4.69) is 42.7 Å². The normalized spacial score (nSPS) is 25.6. The van der Waals surface area contributed by atoms with Crippen LogP contribution in [-0.4, -0.2) is 115 Å². The maximum Gasteiger partial charge on any atom is 0.472 e. The monoisotopic (exact) mass is 928 g/mol. The fourth-order valence-electron chi connectivity index (χ4n) is 7.20. The van der Waals surface area contributed by atoms with Crippen molar-refractivity contribution in [2.45, 2.75) is 223 Å². The van der Waals surface area contributed by atoms with Crippen LogP contribution in [0.1, 0.15) is 168 Å². The van der Waals surface area contributed by atoms with Crippen LogP contribution in [0.3, 0.4) is 0 Å². The van der Waals surface area contributed by atoms with Crippen LogP contribution in [-0.2, 0) is 46.5 Å². The van der Waals surface area contributed by atoms with Crippen LogP contribution in [0.5, 0.6) is 0 Å². The van der Waals surface area contributed by atoms with Gasteiger partial charge in [-0.1, -0.05) is 115 Å². The van der Waals surface area contributed by atoms with Crippen molar-refractivity contribution in [3.63, 3.8) is 0 Å². The minimum atomic E-state index is -5.36. The maximum absolute atomic E-state index is 13.0. The summed E-state index contributed by atoms with van der Waals surface area (Å²) in [5.74, 6) is -1.24. The number of ether oxygens (including phenoxy) is 3. The fourth-order valence-corrected chi connectivity index (χ4v) is 8.74. The Morgan fingerprint density at radius 3 is 1.66 bits per heavy atom. The molecule has 0 bridgehead atoms. The van der Waals surface area contributed by atoms with Crippen LogP contribution in [0.25, 0.3) is 0 Å². The van der Waals surface area contributed by atoms with E-state index in [9.17, 15) is 44.0 Å². The van der Waals surface area contributed by atoms with E-state index in [1.807, 2.05) is 0 Å². The molecule has 7 unspecified atom stereocenters. The number of esters is 2. The Kier molecular flexibility index (Phi) is 29.4. The number of phosphoric ester groups is 2. The number of hydrogen-bond acceptors (Lipinski definition) is 14. The molecule has 0 spiro atoms. The van der Waals surface area contributed by atoms with E-state index >= 15 is 0 Å². The van der Waals surface area contributed by atoms with Crippen molar-refractivity contribution in [1.29, 1.82) is 0 Å². The summed E-state index contributed by atoms with van der Waals surface area (Å²) < 4.78 is 55.0. The predicted octanol–water partition coefficient (Wildman–Crippen LogP) is 7.16. The van der Waals surface area contributed by atoms with Gasteiger partial charge in [-0.3, -0.25) is 23.2 Å². The summed E-state index contributed by atoms with van der Waals surface area (Å²) in [7, 11) is -10.7. The van der Waals surface area contributed by atoms with Crippen molar-refractivity contribution in [1.82, 2.24) is 0 Å². The van der Waals surface area contributed by atoms with E-state index in [4.69, 9.17) is 33.0 Å². The van der Waals surface area contributed by atoms with Gasteiger partial charge in [0.1, 0.15) is 43.2 Å². The third-order valence-electron chi connectivity index (χ3n) is 10.9. The minimum Gasteiger partial charge on any atom is -0.462 e. The van der Waals surface area contributed by atoms with Crippen LogP contribution in [0.2, 0.25) is 0 Å². The summed E-state index contributed by atoms with van der Waals surface area (Å²) in [6.07, 6.45) is 17.4. The first-order chi connectivity index (χ1) is 29.6. The smallest absolute Gasteiger partial charge is 0.462 e. The van der Waals surface area contributed by atoms with Crippen LogP contribution in [0.15, 0.2) is 24.3 Å². The molecule has 1 aliphatic heterocycles. The molecule has 1 saturated heterocycles. The van der Waals surface area contributed by atoms with Gasteiger partial charge < -0.3 is 49.3 Å². The molecule has 1 heterocycles. The Bertz CT molecular complexity index is 1380. The number of carbonyl (C=O) groups excluding carboxylic acids is 2. The molecule has 0 aromatic carbocycles. The molecule has 362 valence electrons. The van der Waals surface area contributed by atoms with E-state index in [0.29, 0.717) is 25.0 Å². The molecule has 7 N–H and O–H groups in total. The summed E-state index contributed by atoms with van der Waals surface area (Å²) in [4.78, 5) is 54.2. The largest absolute Gasteiger partial charge is 0.472 e. The molecule has 62 heavy (non-hydrogen) atoms. The van der Waals surface area contributed by atoms with Gasteiger partial charge in [-0.2, -0.15) is 0 Å². The van der Waals surface area contributed by atoms with Gasteiger partial charge in [-0.25, -0.2) is 9.13 Å². The van der Waals surface area contributed by atoms with Crippen LogP contribution in [0.4, 0.5) is 0 Å². The Balaban J connectivity index is 1.81. The van der Waals surface area contributed by atoms with Crippen molar-refractivity contribution >= 4 is 27.6 Å². The third kappa shape index (κ3) is 25.8. The third-order valence-corrected chi connectivity index (χ3v) is 12.4. The number of allylic oxidation sites excluding steroid dienone is 3. The van der Waals surface area contributed by atoms with Crippen molar-refractivity contribution in [3.8, 4) is 0 Å². The number of phosphoric acid groups is 2. The molecule has 2 fully saturated rings. The quantitative estimate of drug-likeness (QED) is 0.0107. The first-order valence-electron chi connectivity index (χ1n) is 23.0. The Labute approximate surface area is 368 Å². The zero-order chi connectivity index (χ0) is 45.8. The van der Waals surface area contributed by atoms with Crippen LogP contribution in [0, 0.1) is 0 Å². The zero-order valence-corrected chi connectivity index (χ0v) is 38.8. The minimum absolute atomic E-state index is 0.0226. The summed E-state index contributed by atoms with van der Waals surface area (Å²) in [6.45, 7) is 3.03. The van der Waals surface area contributed by atoms with Crippen molar-refractivity contribution in [3.05, 3.63) is 24.3 Å². The number of unbranched alkanes of at least 4 members (excludes halogenated alkanes) is 16. The van der Waals surface area contributed by atoms with Gasteiger partial charge in [-0.05, 0) is 64.2 Å². The van der Waals surface area contributed by atoms with Crippen molar-refractivity contribution in [2.75, 3.05) is 13.2 Å². The Morgan fingerprint density at radius 1 is 0.581 bits per heavy atom. The molecule has 1 aliphatic carbocycles. The van der Waals surface area contributed by atoms with Gasteiger partial charge in [0, 0.05) is 12.8 Å². The molecular formula is C43H78O17P2. The second-order valence-electron chi connectivity index (χ2n) is 16.5. The van der Waals surface area contributed by atoms with Gasteiger partial charge in [-0.15, -0.1) is 0 Å². The maximum atomic E-state index is 13.0. The standard InChI is InChI=1S/C43H78O17P2/c1-3-5-7-8-9-10-11-12-13-14-18-21-25-29-36(44)55-31-33(32-56-62(53,54)60-43-40(48)38(46)39(47)42(41(43)49)59-61(50,51)52)57-37(45)30-26-22-19-16-15-17-20-24-28-35-34(58-35)27-23-6-4-2/h10-11,20,24,33-35,38-43,46-49H,3-9,12-19,21-23,25-32H2,1-2H3,(H,53,54)(H2,50,51,52)/b11-10-,24-20-/t33-,34?,35?,38?,39?,40?,41?,42-,43+/m1/s1. The number of rotatable bonds is 37. The van der Waals surface area contributed by atoms with Crippen LogP contribution >= 0.6 is 15.6 Å². The van der Waals surface area contributed by atoms with Gasteiger partial charge in [0.25, 0.3) is 0 Å². The van der Waals surface area contributed by atoms with Gasteiger partial charge in [0.2, 0.25) is 0 Å². The lowest BCUT2D eigenvalue weighted by molar-refractivity contribution is -0.216. The highest BCUT2D eigenvalue weighted by Gasteiger charge is 2.54. The second-order valence-corrected chi connectivity index (χ2v) is 19.1.